The molecule has 0 aliphatic carbocycles. The van der Waals surface area contributed by atoms with Gasteiger partial charge in [0.25, 0.3) is 5.91 Å². The van der Waals surface area contributed by atoms with Crippen molar-refractivity contribution in [3.63, 3.8) is 0 Å². The van der Waals surface area contributed by atoms with Gasteiger partial charge in [-0.1, -0.05) is 0 Å². The Labute approximate surface area is 76.4 Å². The molecule has 1 rings (SSSR count). The number of aromatic amines is 1. The molecule has 0 saturated carbocycles. The lowest BCUT2D eigenvalue weighted by atomic mass is 10.3. The first-order valence-corrected chi connectivity index (χ1v) is 3.54. The van der Waals surface area contributed by atoms with E-state index in [1.807, 2.05) is 0 Å². The molecule has 0 unspecified atom stereocenters. The van der Waals surface area contributed by atoms with Crippen LogP contribution in [0.2, 0.25) is 0 Å². The van der Waals surface area contributed by atoms with Gasteiger partial charge < -0.3 is 0 Å². The zero-order valence-corrected chi connectivity index (χ0v) is 6.85. The molecule has 1 amide bonds. The predicted molar refractivity (Wildman–Crippen MR) is 40.0 cm³/mol. The smallest absolute Gasteiger partial charge is 0.289 e. The summed E-state index contributed by atoms with van der Waals surface area (Å²) in [5.41, 5.74) is 1.41. The van der Waals surface area contributed by atoms with Crippen LogP contribution in [0.4, 0.5) is 13.2 Å². The Balaban J connectivity index is 2.74. The van der Waals surface area contributed by atoms with Crippen LogP contribution in [0, 0.1) is 0 Å². The Morgan fingerprint density at radius 3 is 2.79 bits per heavy atom. The lowest BCUT2D eigenvalue weighted by Crippen LogP contribution is -2.30. The molecular formula is C6H7F3N4O. The molecule has 14 heavy (non-hydrogen) atoms. The minimum atomic E-state index is -4.34. The highest BCUT2D eigenvalue weighted by Crippen LogP contribution is 2.20. The second-order valence-electron chi connectivity index (χ2n) is 2.54. The number of hydrazine groups is 1. The van der Waals surface area contributed by atoms with Crippen molar-refractivity contribution in [2.24, 2.45) is 5.84 Å². The third-order valence-corrected chi connectivity index (χ3v) is 1.39. The molecule has 5 nitrogen and oxygen atoms in total. The number of nitrogens with two attached hydrogens (primary N) is 1. The van der Waals surface area contributed by atoms with Gasteiger partial charge in [0.05, 0.1) is 12.1 Å². The number of carbonyl (C=O) groups is 1. The summed E-state index contributed by atoms with van der Waals surface area (Å²) in [6, 6.07) is 0.996. The average Bonchev–Trinajstić information content (AvgIpc) is 2.48. The quantitative estimate of drug-likeness (QED) is 0.366. The fraction of sp³-hybridized carbons (Fsp3) is 0.333. The van der Waals surface area contributed by atoms with Gasteiger partial charge in [0, 0.05) is 0 Å². The molecular weight excluding hydrogens is 201 g/mol. The number of carbonyl (C=O) groups excluding carboxylic acids is 1. The predicted octanol–water partition coefficient (Wildman–Crippen LogP) is 0.118. The molecule has 8 heteroatoms. The van der Waals surface area contributed by atoms with E-state index in [0.29, 0.717) is 0 Å². The van der Waals surface area contributed by atoms with E-state index >= 15 is 0 Å². The number of hydrogen-bond donors (Lipinski definition) is 3. The van der Waals surface area contributed by atoms with Crippen molar-refractivity contribution < 1.29 is 18.0 Å². The summed E-state index contributed by atoms with van der Waals surface area (Å²) in [7, 11) is 0. The maximum absolute atomic E-state index is 11.9. The zero-order valence-electron chi connectivity index (χ0n) is 6.85. The zero-order chi connectivity index (χ0) is 10.8. The molecule has 1 heterocycles. The van der Waals surface area contributed by atoms with Crippen LogP contribution in [-0.4, -0.2) is 22.3 Å². The summed E-state index contributed by atoms with van der Waals surface area (Å²) in [5, 5.41) is 5.45. The Morgan fingerprint density at radius 2 is 2.29 bits per heavy atom. The lowest BCUT2D eigenvalue weighted by molar-refractivity contribution is -0.127. The largest absolute Gasteiger partial charge is 0.394 e. The average molecular weight is 208 g/mol. The summed E-state index contributed by atoms with van der Waals surface area (Å²) >= 11 is 0. The second kappa shape index (κ2) is 3.66. The van der Waals surface area contributed by atoms with Gasteiger partial charge in [-0.3, -0.25) is 15.3 Å². The molecule has 0 aliphatic heterocycles. The number of hydrogen-bond acceptors (Lipinski definition) is 3. The highest BCUT2D eigenvalue weighted by molar-refractivity contribution is 5.91. The van der Waals surface area contributed by atoms with E-state index in [9.17, 15) is 18.0 Å². The number of H-pyrrole nitrogens is 1. The van der Waals surface area contributed by atoms with Crippen LogP contribution < -0.4 is 11.3 Å². The van der Waals surface area contributed by atoms with E-state index in [1.54, 1.807) is 5.43 Å². The lowest BCUT2D eigenvalue weighted by Gasteiger charge is -2.01. The maximum atomic E-state index is 11.9. The topological polar surface area (TPSA) is 83.8 Å². The van der Waals surface area contributed by atoms with E-state index in [-0.39, 0.29) is 11.4 Å². The van der Waals surface area contributed by atoms with Crippen LogP contribution in [0.25, 0.3) is 0 Å². The van der Waals surface area contributed by atoms with Crippen molar-refractivity contribution in [2.45, 2.75) is 12.6 Å². The standard InChI is InChI=1S/C6H7F3N4O/c7-6(8,9)2-3-1-4(13-12-3)5(14)11-10/h1H,2,10H2,(H,11,14)(H,12,13). The van der Waals surface area contributed by atoms with Gasteiger partial charge in [0.1, 0.15) is 5.69 Å². The number of amides is 1. The normalized spacial score (nSPS) is 11.4. The van der Waals surface area contributed by atoms with Crippen molar-refractivity contribution in [3.05, 3.63) is 17.5 Å². The minimum Gasteiger partial charge on any atom is -0.289 e. The Morgan fingerprint density at radius 1 is 1.64 bits per heavy atom. The van der Waals surface area contributed by atoms with Crippen LogP contribution in [-0.2, 0) is 6.42 Å². The van der Waals surface area contributed by atoms with Gasteiger partial charge >= 0.3 is 6.18 Å². The first kappa shape index (κ1) is 10.5. The number of nitrogen functional groups attached to an aromatic ring is 1. The fourth-order valence-electron chi connectivity index (χ4n) is 0.853. The molecule has 0 fully saturated rings. The SMILES string of the molecule is NNC(=O)c1cc(CC(F)(F)F)n[nH]1. The second-order valence-corrected chi connectivity index (χ2v) is 2.54. The van der Waals surface area contributed by atoms with E-state index < -0.39 is 18.5 Å². The molecule has 1 aromatic heterocycles. The molecule has 0 radical (unpaired) electrons. The van der Waals surface area contributed by atoms with Crippen LogP contribution in [0.5, 0.6) is 0 Å². The van der Waals surface area contributed by atoms with Crippen LogP contribution in [0.3, 0.4) is 0 Å². The third-order valence-electron chi connectivity index (χ3n) is 1.39. The molecule has 1 aromatic rings. The molecule has 4 N–H and O–H groups in total. The molecule has 0 atom stereocenters. The Hall–Kier alpha value is -1.57. The van der Waals surface area contributed by atoms with E-state index in [2.05, 4.69) is 10.2 Å². The Bertz CT molecular complexity index is 332. The highest BCUT2D eigenvalue weighted by atomic mass is 19.4. The first-order valence-electron chi connectivity index (χ1n) is 3.54. The summed E-state index contributed by atoms with van der Waals surface area (Å²) in [4.78, 5) is 10.8. The molecule has 0 spiro atoms. The van der Waals surface area contributed by atoms with Gasteiger partial charge in [0.2, 0.25) is 0 Å². The van der Waals surface area contributed by atoms with Gasteiger partial charge in [-0.25, -0.2) is 5.84 Å². The molecule has 0 aliphatic rings. The molecule has 0 aromatic carbocycles. The highest BCUT2D eigenvalue weighted by Gasteiger charge is 2.29. The number of aromatic nitrogens is 2. The summed E-state index contributed by atoms with van der Waals surface area (Å²) in [5.74, 6) is 4.05. The van der Waals surface area contributed by atoms with Gasteiger partial charge in [-0.2, -0.15) is 18.3 Å². The minimum absolute atomic E-state index is 0.105. The van der Waals surface area contributed by atoms with Gasteiger partial charge in [-0.15, -0.1) is 0 Å². The molecule has 0 bridgehead atoms. The fourth-order valence-corrected chi connectivity index (χ4v) is 0.853. The molecule has 78 valence electrons. The van der Waals surface area contributed by atoms with Crippen LogP contribution in [0.15, 0.2) is 6.07 Å². The number of nitrogens with zero attached hydrogens (tertiary/aromatic N) is 1. The number of halogens is 3. The number of rotatable bonds is 2. The van der Waals surface area contributed by atoms with Crippen LogP contribution in [0.1, 0.15) is 16.2 Å². The molecule has 0 saturated heterocycles. The number of nitrogens with one attached hydrogen (secondary N) is 2. The Kier molecular flexibility index (Phi) is 2.75. The van der Waals surface area contributed by atoms with Gasteiger partial charge in [-0.05, 0) is 6.07 Å². The summed E-state index contributed by atoms with van der Waals surface area (Å²) in [6.45, 7) is 0. The number of alkyl halides is 3. The van der Waals surface area contributed by atoms with Crippen molar-refractivity contribution >= 4 is 5.91 Å². The summed E-state index contributed by atoms with van der Waals surface area (Å²) < 4.78 is 35.6. The maximum Gasteiger partial charge on any atom is 0.394 e. The van der Waals surface area contributed by atoms with Crippen molar-refractivity contribution in [1.82, 2.24) is 15.6 Å². The van der Waals surface area contributed by atoms with Gasteiger partial charge in [0.15, 0.2) is 0 Å². The van der Waals surface area contributed by atoms with E-state index in [1.165, 1.54) is 0 Å². The van der Waals surface area contributed by atoms with E-state index in [0.717, 1.165) is 6.07 Å². The van der Waals surface area contributed by atoms with Crippen molar-refractivity contribution in [1.29, 1.82) is 0 Å². The van der Waals surface area contributed by atoms with Crippen LogP contribution >= 0.6 is 0 Å². The summed E-state index contributed by atoms with van der Waals surface area (Å²) in [6.07, 6.45) is -5.52. The first-order chi connectivity index (χ1) is 6.42. The third kappa shape index (κ3) is 2.73. The monoisotopic (exact) mass is 208 g/mol. The van der Waals surface area contributed by atoms with Crippen molar-refractivity contribution in [3.8, 4) is 0 Å². The van der Waals surface area contributed by atoms with E-state index in [4.69, 9.17) is 5.84 Å². The van der Waals surface area contributed by atoms with Crippen molar-refractivity contribution in [2.75, 3.05) is 0 Å².